The van der Waals surface area contributed by atoms with Gasteiger partial charge in [0.05, 0.1) is 19.1 Å². The van der Waals surface area contributed by atoms with E-state index in [9.17, 15) is 9.59 Å². The number of alkyl halides is 1. The Bertz CT molecular complexity index is 1240. The molecule has 0 amide bonds. The van der Waals surface area contributed by atoms with E-state index in [2.05, 4.69) is 41.8 Å². The van der Waals surface area contributed by atoms with Gasteiger partial charge in [-0.3, -0.25) is 9.59 Å². The Kier molecular flexibility index (Phi) is 9.07. The van der Waals surface area contributed by atoms with Crippen LogP contribution in [0.5, 0.6) is 0 Å². The average Bonchev–Trinajstić information content (AvgIpc) is 3.40. The first-order valence-corrected chi connectivity index (χ1v) is 11.8. The highest BCUT2D eigenvalue weighted by Crippen LogP contribution is 2.24. The second-order valence-corrected chi connectivity index (χ2v) is 8.91. The lowest BCUT2D eigenvalue weighted by Crippen LogP contribution is -2.11. The van der Waals surface area contributed by atoms with Gasteiger partial charge in [-0.05, 0) is 36.4 Å². The highest BCUT2D eigenvalue weighted by Gasteiger charge is 2.12. The van der Waals surface area contributed by atoms with Gasteiger partial charge in [0.25, 0.3) is 0 Å². The molecule has 4 aromatic rings. The molecule has 0 spiro atoms. The van der Waals surface area contributed by atoms with Crippen LogP contribution in [-0.2, 0) is 9.47 Å². The number of methoxy groups -OCH3 is 1. The fourth-order valence-electron chi connectivity index (χ4n) is 3.10. The minimum Gasteiger partial charge on any atom is -0.382 e. The van der Waals surface area contributed by atoms with Crippen molar-refractivity contribution < 1.29 is 19.1 Å². The van der Waals surface area contributed by atoms with Crippen LogP contribution in [0.4, 0.5) is 0 Å². The molecule has 2 heterocycles. The van der Waals surface area contributed by atoms with Gasteiger partial charge in [-0.15, -0.1) is 11.6 Å². The van der Waals surface area contributed by atoms with Crippen molar-refractivity contribution >= 4 is 76.8 Å². The predicted octanol–water partition coefficient (Wildman–Crippen LogP) is 6.13. The van der Waals surface area contributed by atoms with E-state index >= 15 is 0 Å². The first-order valence-electron chi connectivity index (χ1n) is 9.67. The molecule has 0 atom stereocenters. The largest absolute Gasteiger partial charge is 0.382 e. The number of H-pyrrole nitrogens is 2. The number of Topliss-reactive ketones (excluding diaryl/α,β-unsaturated/α-hetero) is 2. The number of rotatable bonds is 8. The summed E-state index contributed by atoms with van der Waals surface area (Å²) in [6.07, 6.45) is 3.42. The van der Waals surface area contributed by atoms with E-state index in [1.54, 1.807) is 19.5 Å². The summed E-state index contributed by atoms with van der Waals surface area (Å²) in [7, 11) is 1.60. The lowest BCUT2D eigenvalue weighted by molar-refractivity contribution is 0.0578. The first kappa shape index (κ1) is 24.7. The van der Waals surface area contributed by atoms with Gasteiger partial charge < -0.3 is 19.4 Å². The zero-order valence-corrected chi connectivity index (χ0v) is 21.1. The number of halogens is 3. The van der Waals surface area contributed by atoms with E-state index in [1.807, 2.05) is 36.4 Å². The molecule has 0 unspecified atom stereocenters. The third-order valence-electron chi connectivity index (χ3n) is 4.67. The number of ketones is 2. The zero-order valence-electron chi connectivity index (χ0n) is 17.2. The van der Waals surface area contributed by atoms with Crippen molar-refractivity contribution in [2.45, 2.75) is 0 Å². The molecule has 168 valence electrons. The third-order valence-corrected chi connectivity index (χ3v) is 5.90. The SMILES string of the molecule is COCCOCC(=O)c1c[nH]c2ccc(Br)cc12.O=C(CCl)c1c[nH]c2ccc(Br)cc12. The molecular formula is C23H21Br2ClN2O4. The molecule has 0 aliphatic rings. The number of nitrogens with one attached hydrogen (secondary N) is 2. The Morgan fingerprint density at radius 3 is 1.91 bits per heavy atom. The van der Waals surface area contributed by atoms with E-state index < -0.39 is 0 Å². The van der Waals surface area contributed by atoms with E-state index in [0.717, 1.165) is 30.8 Å². The molecule has 0 radical (unpaired) electrons. The van der Waals surface area contributed by atoms with E-state index in [0.29, 0.717) is 24.3 Å². The highest BCUT2D eigenvalue weighted by atomic mass is 79.9. The summed E-state index contributed by atoms with van der Waals surface area (Å²) in [5.74, 6) is -0.0779. The Morgan fingerprint density at radius 2 is 1.41 bits per heavy atom. The molecule has 0 bridgehead atoms. The van der Waals surface area contributed by atoms with Crippen molar-refractivity contribution in [3.8, 4) is 0 Å². The van der Waals surface area contributed by atoms with E-state index in [-0.39, 0.29) is 24.1 Å². The van der Waals surface area contributed by atoms with Crippen molar-refractivity contribution in [2.24, 2.45) is 0 Å². The number of ether oxygens (including phenoxy) is 2. The standard InChI is InChI=1S/C13H14BrNO3.C10H7BrClNO/c1-17-4-5-18-8-13(16)11-7-15-12-3-2-9(14)6-10(11)12;11-6-1-2-9-7(3-6)8(5-13-9)10(14)4-12/h2-3,6-7,15H,4-5,8H2,1H3;1-3,5,13H,4H2. The van der Waals surface area contributed by atoms with E-state index in [1.165, 1.54) is 0 Å². The Balaban J connectivity index is 0.000000186. The summed E-state index contributed by atoms with van der Waals surface area (Å²) in [6, 6.07) is 11.5. The van der Waals surface area contributed by atoms with Crippen LogP contribution in [0.2, 0.25) is 0 Å². The molecule has 2 aromatic carbocycles. The minimum absolute atomic E-state index is 0.0134. The Labute approximate surface area is 206 Å². The average molecular weight is 585 g/mol. The van der Waals surface area contributed by atoms with Crippen LogP contribution in [0.25, 0.3) is 21.8 Å². The normalized spacial score (nSPS) is 10.9. The molecule has 0 saturated carbocycles. The minimum atomic E-state index is -0.0592. The second-order valence-electron chi connectivity index (χ2n) is 6.81. The molecule has 0 fully saturated rings. The third kappa shape index (κ3) is 6.08. The van der Waals surface area contributed by atoms with Gasteiger partial charge in [0.15, 0.2) is 11.6 Å². The van der Waals surface area contributed by atoms with Gasteiger partial charge in [-0.25, -0.2) is 0 Å². The second kappa shape index (κ2) is 11.8. The molecule has 0 aliphatic carbocycles. The number of hydrogen-bond acceptors (Lipinski definition) is 4. The summed E-state index contributed by atoms with van der Waals surface area (Å²) in [6.45, 7) is 0.990. The zero-order chi connectivity index (χ0) is 23.1. The molecule has 2 N–H and O–H groups in total. The smallest absolute Gasteiger partial charge is 0.190 e. The van der Waals surface area contributed by atoms with Gasteiger partial charge in [-0.1, -0.05) is 31.9 Å². The number of aromatic amines is 2. The number of aromatic nitrogens is 2. The fourth-order valence-corrected chi connectivity index (χ4v) is 3.97. The summed E-state index contributed by atoms with van der Waals surface area (Å²) >= 11 is 12.3. The van der Waals surface area contributed by atoms with Crippen molar-refractivity contribution in [3.63, 3.8) is 0 Å². The van der Waals surface area contributed by atoms with Gasteiger partial charge in [-0.2, -0.15) is 0 Å². The molecule has 0 saturated heterocycles. The van der Waals surface area contributed by atoms with Crippen molar-refractivity contribution in [2.75, 3.05) is 32.8 Å². The van der Waals surface area contributed by atoms with Crippen LogP contribution in [0, 0.1) is 0 Å². The Hall–Kier alpha value is -1.97. The number of carbonyl (C=O) groups is 2. The van der Waals surface area contributed by atoms with Gasteiger partial charge in [0.2, 0.25) is 0 Å². The molecule has 32 heavy (non-hydrogen) atoms. The summed E-state index contributed by atoms with van der Waals surface area (Å²) < 4.78 is 12.0. The molecule has 2 aromatic heterocycles. The number of benzene rings is 2. The fraction of sp³-hybridized carbons (Fsp3) is 0.217. The number of fused-ring (bicyclic) bond motifs is 2. The van der Waals surface area contributed by atoms with Crippen LogP contribution in [0.15, 0.2) is 57.7 Å². The maximum atomic E-state index is 12.0. The maximum Gasteiger partial charge on any atom is 0.190 e. The van der Waals surface area contributed by atoms with Crippen LogP contribution in [0.3, 0.4) is 0 Å². The van der Waals surface area contributed by atoms with Crippen LogP contribution in [0.1, 0.15) is 20.7 Å². The number of hydrogen-bond donors (Lipinski definition) is 2. The van der Waals surface area contributed by atoms with Crippen molar-refractivity contribution in [1.29, 1.82) is 0 Å². The molecule has 4 rings (SSSR count). The van der Waals surface area contributed by atoms with Crippen LogP contribution < -0.4 is 0 Å². The summed E-state index contributed by atoms with van der Waals surface area (Å²) in [5.41, 5.74) is 3.19. The summed E-state index contributed by atoms with van der Waals surface area (Å²) in [5, 5.41) is 1.81. The van der Waals surface area contributed by atoms with Crippen LogP contribution >= 0.6 is 43.5 Å². The van der Waals surface area contributed by atoms with Gasteiger partial charge in [0, 0.05) is 61.4 Å². The van der Waals surface area contributed by atoms with Gasteiger partial charge >= 0.3 is 0 Å². The Morgan fingerprint density at radius 1 is 0.875 bits per heavy atom. The molecular weight excluding hydrogens is 564 g/mol. The molecule has 9 heteroatoms. The van der Waals surface area contributed by atoms with Crippen LogP contribution in [-0.4, -0.2) is 54.3 Å². The first-order chi connectivity index (χ1) is 15.4. The van der Waals surface area contributed by atoms with E-state index in [4.69, 9.17) is 21.1 Å². The number of carbonyl (C=O) groups excluding carboxylic acids is 2. The van der Waals surface area contributed by atoms with Crippen molar-refractivity contribution in [1.82, 2.24) is 9.97 Å². The summed E-state index contributed by atoms with van der Waals surface area (Å²) in [4.78, 5) is 29.5. The maximum absolute atomic E-state index is 12.0. The lowest BCUT2D eigenvalue weighted by atomic mass is 10.1. The van der Waals surface area contributed by atoms with Crippen molar-refractivity contribution in [3.05, 3.63) is 68.9 Å². The molecule has 6 nitrogen and oxygen atoms in total. The predicted molar refractivity (Wildman–Crippen MR) is 134 cm³/mol. The topological polar surface area (TPSA) is 84.2 Å². The molecule has 0 aliphatic heterocycles. The monoisotopic (exact) mass is 582 g/mol. The highest BCUT2D eigenvalue weighted by molar-refractivity contribution is 9.10. The van der Waals surface area contributed by atoms with Gasteiger partial charge in [0.1, 0.15) is 6.61 Å². The quantitative estimate of drug-likeness (QED) is 0.148. The lowest BCUT2D eigenvalue weighted by Gasteiger charge is -2.02.